The van der Waals surface area contributed by atoms with Gasteiger partial charge in [-0.15, -0.1) is 0 Å². The van der Waals surface area contributed by atoms with Crippen LogP contribution in [0.2, 0.25) is 0 Å². The second-order valence-electron chi connectivity index (χ2n) is 8.44. The first-order valence-corrected chi connectivity index (χ1v) is 12.9. The van der Waals surface area contributed by atoms with Gasteiger partial charge in [0.2, 0.25) is 0 Å². The maximum absolute atomic E-state index is 14.0. The Morgan fingerprint density at radius 1 is 1.21 bits per heavy atom. The highest BCUT2D eigenvalue weighted by Gasteiger charge is 2.31. The molecule has 11 heteroatoms. The van der Waals surface area contributed by atoms with E-state index in [0.717, 1.165) is 12.8 Å². The molecule has 180 valence electrons. The van der Waals surface area contributed by atoms with Crippen molar-refractivity contribution < 1.29 is 27.9 Å². The van der Waals surface area contributed by atoms with Gasteiger partial charge >= 0.3 is 0 Å². The Morgan fingerprint density at radius 2 is 2.03 bits per heavy atom. The van der Waals surface area contributed by atoms with E-state index in [-0.39, 0.29) is 24.2 Å². The van der Waals surface area contributed by atoms with Crippen LogP contribution < -0.4 is 14.8 Å². The van der Waals surface area contributed by atoms with Crippen molar-refractivity contribution in [1.29, 1.82) is 0 Å². The fourth-order valence-electron chi connectivity index (χ4n) is 3.86. The highest BCUT2D eigenvalue weighted by Crippen LogP contribution is 2.39. The molecule has 5 rings (SSSR count). The van der Waals surface area contributed by atoms with Crippen molar-refractivity contribution >= 4 is 37.8 Å². The van der Waals surface area contributed by atoms with Gasteiger partial charge < -0.3 is 24.6 Å². The summed E-state index contributed by atoms with van der Waals surface area (Å²) in [4.78, 5) is 8.70. The zero-order valence-electron chi connectivity index (χ0n) is 18.7. The van der Waals surface area contributed by atoms with Crippen LogP contribution in [0.1, 0.15) is 12.8 Å². The molecule has 1 unspecified atom stereocenters. The summed E-state index contributed by atoms with van der Waals surface area (Å²) in [7, 11) is -0.819. The number of aliphatic hydroxyl groups is 1. The highest BCUT2D eigenvalue weighted by molar-refractivity contribution is 7.93. The molecule has 1 aliphatic carbocycles. The number of fused-ring (bicyclic) bond motifs is 1. The van der Waals surface area contributed by atoms with Gasteiger partial charge in [-0.1, -0.05) is 0 Å². The van der Waals surface area contributed by atoms with Crippen LogP contribution in [0.5, 0.6) is 11.5 Å². The number of aliphatic hydroxyl groups excluding tert-OH is 1. The first-order valence-electron chi connectivity index (χ1n) is 10.9. The van der Waals surface area contributed by atoms with Crippen molar-refractivity contribution in [3.8, 4) is 11.5 Å². The Morgan fingerprint density at radius 3 is 2.74 bits per heavy atom. The summed E-state index contributed by atoms with van der Waals surface area (Å²) in [6.07, 6.45) is 3.49. The zero-order chi connectivity index (χ0) is 23.9. The van der Waals surface area contributed by atoms with Crippen LogP contribution in [-0.4, -0.2) is 63.3 Å². The van der Waals surface area contributed by atoms with Crippen LogP contribution in [0.15, 0.2) is 41.0 Å². The van der Waals surface area contributed by atoms with Gasteiger partial charge in [0.1, 0.15) is 35.6 Å². The van der Waals surface area contributed by atoms with E-state index in [1.165, 1.54) is 31.6 Å². The Kier molecular flexibility index (Phi) is 6.00. The molecule has 2 aromatic carbocycles. The molecule has 2 fully saturated rings. The van der Waals surface area contributed by atoms with E-state index in [2.05, 4.69) is 19.6 Å². The van der Waals surface area contributed by atoms with E-state index in [4.69, 9.17) is 14.2 Å². The molecule has 1 aromatic heterocycles. The summed E-state index contributed by atoms with van der Waals surface area (Å²) in [6.45, 7) is 0.365. The smallest absolute Gasteiger partial charge is 0.150 e. The molecule has 1 saturated carbocycles. The predicted molar refractivity (Wildman–Crippen MR) is 126 cm³/mol. The molecule has 0 spiro atoms. The molecule has 3 aromatic rings. The third-order valence-electron chi connectivity index (χ3n) is 5.81. The van der Waals surface area contributed by atoms with Crippen LogP contribution in [0.25, 0.3) is 10.9 Å². The van der Waals surface area contributed by atoms with E-state index < -0.39 is 27.8 Å². The van der Waals surface area contributed by atoms with Crippen molar-refractivity contribution in [2.24, 2.45) is 4.36 Å². The van der Waals surface area contributed by atoms with Gasteiger partial charge in [-0.05, 0) is 31.0 Å². The summed E-state index contributed by atoms with van der Waals surface area (Å²) in [5.74, 6) is 0.591. The van der Waals surface area contributed by atoms with Gasteiger partial charge in [-0.3, -0.25) is 0 Å². The van der Waals surface area contributed by atoms with E-state index in [1.807, 2.05) is 0 Å². The molecule has 0 amide bonds. The number of methoxy groups -OCH3 is 1. The van der Waals surface area contributed by atoms with E-state index in [0.29, 0.717) is 33.8 Å². The minimum absolute atomic E-state index is 0.123. The van der Waals surface area contributed by atoms with Gasteiger partial charge in [0.25, 0.3) is 0 Å². The normalized spacial score (nSPS) is 21.8. The molecule has 0 bridgehead atoms. The fraction of sp³-hybridized carbons (Fsp3) is 0.391. The Hall–Kier alpha value is -3.02. The standard InChI is InChI=1S/C23H25FN4O5S/c1-31-20-9-14(28-34(2,30)15-4-5-15)8-17-22(20)23(26-12-25-17)27-16-6-3-13(24)7-19(16)33-21-11-32-10-18(21)29/h3,6-9,12,15,18,21,29H,4-5,10-11H2,1-2H3,(H,25,26,27)/t18-,21+,34?/m1/s1. The number of hydrogen-bond donors (Lipinski definition) is 2. The van der Waals surface area contributed by atoms with Crippen LogP contribution in [-0.2, 0) is 14.5 Å². The zero-order valence-corrected chi connectivity index (χ0v) is 19.5. The molecule has 2 N–H and O–H groups in total. The molecule has 0 radical (unpaired) electrons. The Balaban J connectivity index is 1.53. The van der Waals surface area contributed by atoms with Crippen LogP contribution >= 0.6 is 0 Å². The second-order valence-corrected chi connectivity index (χ2v) is 11.0. The van der Waals surface area contributed by atoms with Crippen molar-refractivity contribution in [2.75, 3.05) is 31.9 Å². The maximum Gasteiger partial charge on any atom is 0.150 e. The van der Waals surface area contributed by atoms with Crippen LogP contribution in [0, 0.1) is 5.82 Å². The summed E-state index contributed by atoms with van der Waals surface area (Å²) < 4.78 is 48.0. The molecule has 1 aliphatic heterocycles. The van der Waals surface area contributed by atoms with E-state index >= 15 is 0 Å². The van der Waals surface area contributed by atoms with Gasteiger partial charge in [0, 0.05) is 23.6 Å². The number of aromatic nitrogens is 2. The third-order valence-corrected chi connectivity index (χ3v) is 8.09. The topological polar surface area (TPSA) is 115 Å². The largest absolute Gasteiger partial charge is 0.496 e. The number of hydrogen-bond acceptors (Lipinski definition) is 9. The molecule has 2 aliphatic rings. The first-order chi connectivity index (χ1) is 16.3. The second kappa shape index (κ2) is 8.97. The van der Waals surface area contributed by atoms with Gasteiger partial charge in [0.05, 0.1) is 52.3 Å². The number of rotatable bonds is 7. The lowest BCUT2D eigenvalue weighted by Gasteiger charge is -2.19. The number of ether oxygens (including phenoxy) is 3. The molecule has 3 atom stereocenters. The third kappa shape index (κ3) is 4.63. The molecule has 34 heavy (non-hydrogen) atoms. The van der Waals surface area contributed by atoms with Crippen LogP contribution in [0.4, 0.5) is 21.6 Å². The van der Waals surface area contributed by atoms with Crippen molar-refractivity contribution in [3.05, 3.63) is 42.5 Å². The van der Waals surface area contributed by atoms with Gasteiger partial charge in [0.15, 0.2) is 6.10 Å². The number of anilines is 2. The average molecular weight is 489 g/mol. The van der Waals surface area contributed by atoms with Gasteiger partial charge in [-0.2, -0.15) is 4.36 Å². The predicted octanol–water partition coefficient (Wildman–Crippen LogP) is 3.55. The molecule has 1 saturated heterocycles. The SMILES string of the molecule is COc1cc(N=S(C)(=O)C2CC2)cc2ncnc(Nc3ccc(F)cc3O[C@H]3COC[C@H]3O)c12. The summed E-state index contributed by atoms with van der Waals surface area (Å²) in [5.41, 5.74) is 1.52. The number of halogens is 1. The first kappa shape index (κ1) is 22.8. The van der Waals surface area contributed by atoms with Crippen LogP contribution in [0.3, 0.4) is 0 Å². The highest BCUT2D eigenvalue weighted by atomic mass is 32.2. The lowest BCUT2D eigenvalue weighted by Crippen LogP contribution is -2.30. The number of nitrogens with zero attached hydrogens (tertiary/aromatic N) is 3. The Bertz CT molecular complexity index is 1360. The summed E-state index contributed by atoms with van der Waals surface area (Å²) in [6, 6.07) is 7.50. The molecular weight excluding hydrogens is 463 g/mol. The minimum atomic E-state index is -2.34. The number of nitrogens with one attached hydrogen (secondary N) is 1. The lowest BCUT2D eigenvalue weighted by atomic mass is 10.2. The quantitative estimate of drug-likeness (QED) is 0.519. The van der Waals surface area contributed by atoms with Crippen molar-refractivity contribution in [1.82, 2.24) is 9.97 Å². The summed E-state index contributed by atoms with van der Waals surface area (Å²) >= 11 is 0. The number of benzene rings is 2. The average Bonchev–Trinajstić information content (AvgIpc) is 3.59. The molecule has 9 nitrogen and oxygen atoms in total. The van der Waals surface area contributed by atoms with Crippen molar-refractivity contribution in [3.63, 3.8) is 0 Å². The van der Waals surface area contributed by atoms with E-state index in [1.54, 1.807) is 18.4 Å². The lowest BCUT2D eigenvalue weighted by molar-refractivity contribution is 0.0736. The minimum Gasteiger partial charge on any atom is -0.496 e. The molecule has 2 heterocycles. The monoisotopic (exact) mass is 488 g/mol. The van der Waals surface area contributed by atoms with Gasteiger partial charge in [-0.25, -0.2) is 18.6 Å². The summed E-state index contributed by atoms with van der Waals surface area (Å²) in [5, 5.41) is 13.9. The maximum atomic E-state index is 14.0. The van der Waals surface area contributed by atoms with E-state index in [9.17, 15) is 13.7 Å². The Labute approximate surface area is 196 Å². The van der Waals surface area contributed by atoms with Crippen molar-refractivity contribution in [2.45, 2.75) is 30.3 Å². The fourth-order valence-corrected chi connectivity index (χ4v) is 5.54. The molecular formula is C23H25FN4O5S.